The van der Waals surface area contributed by atoms with Crippen molar-refractivity contribution in [2.75, 3.05) is 19.6 Å². The van der Waals surface area contributed by atoms with Crippen LogP contribution in [-0.2, 0) is 17.8 Å². The molecule has 0 unspecified atom stereocenters. The molecule has 2 aromatic carbocycles. The van der Waals surface area contributed by atoms with Crippen LogP contribution in [0.3, 0.4) is 0 Å². The van der Waals surface area contributed by atoms with Gasteiger partial charge in [0.15, 0.2) is 0 Å². The first-order chi connectivity index (χ1) is 16.1. The first-order valence-corrected chi connectivity index (χ1v) is 11.3. The number of hydrogen-bond donors (Lipinski definition) is 2. The SMILES string of the molecule is Cc1ccccc1C(=O)N/C(=C\c1ccco1)C(=O)NCCCN1CCc2ccccc2C1. The maximum absolute atomic E-state index is 12.9. The average molecular weight is 444 g/mol. The van der Waals surface area contributed by atoms with Crippen molar-refractivity contribution in [2.45, 2.75) is 26.3 Å². The molecule has 2 amide bonds. The molecule has 3 aromatic rings. The smallest absolute Gasteiger partial charge is 0.267 e. The third-order valence-electron chi connectivity index (χ3n) is 5.86. The van der Waals surface area contributed by atoms with Crippen molar-refractivity contribution in [3.8, 4) is 0 Å². The van der Waals surface area contributed by atoms with E-state index in [1.54, 1.807) is 30.3 Å². The molecule has 1 aromatic heterocycles. The number of nitrogens with zero attached hydrogens (tertiary/aromatic N) is 1. The minimum Gasteiger partial charge on any atom is -0.465 e. The fourth-order valence-electron chi connectivity index (χ4n) is 4.04. The van der Waals surface area contributed by atoms with Crippen molar-refractivity contribution in [3.05, 3.63) is 101 Å². The molecule has 4 rings (SSSR count). The van der Waals surface area contributed by atoms with Crippen LogP contribution >= 0.6 is 0 Å². The van der Waals surface area contributed by atoms with Gasteiger partial charge >= 0.3 is 0 Å². The Labute approximate surface area is 194 Å². The van der Waals surface area contributed by atoms with E-state index >= 15 is 0 Å². The first-order valence-electron chi connectivity index (χ1n) is 11.3. The number of amides is 2. The van der Waals surface area contributed by atoms with Crippen LogP contribution in [0.5, 0.6) is 0 Å². The van der Waals surface area contributed by atoms with Gasteiger partial charge in [-0.15, -0.1) is 0 Å². The molecule has 0 spiro atoms. The molecule has 2 N–H and O–H groups in total. The molecule has 0 aliphatic carbocycles. The highest BCUT2D eigenvalue weighted by Gasteiger charge is 2.17. The Morgan fingerprint density at radius 2 is 1.82 bits per heavy atom. The van der Waals surface area contributed by atoms with Crippen LogP contribution in [-0.4, -0.2) is 36.3 Å². The summed E-state index contributed by atoms with van der Waals surface area (Å²) in [5.41, 5.74) is 4.34. The van der Waals surface area contributed by atoms with Gasteiger partial charge in [-0.25, -0.2) is 0 Å². The standard InChI is InChI=1S/C27H29N3O3/c1-20-8-2-5-12-24(20)26(31)29-25(18-23-11-6-17-33-23)27(32)28-14-7-15-30-16-13-21-9-3-4-10-22(21)19-30/h2-6,8-12,17-18H,7,13-16,19H2,1H3,(H,28,32)(H,29,31)/b25-18-. The molecule has 170 valence electrons. The van der Waals surface area contributed by atoms with E-state index in [9.17, 15) is 9.59 Å². The Bertz CT molecular complexity index is 1140. The number of furan rings is 1. The van der Waals surface area contributed by atoms with Gasteiger partial charge in [0.1, 0.15) is 11.5 Å². The molecule has 33 heavy (non-hydrogen) atoms. The number of fused-ring (bicyclic) bond motifs is 1. The molecule has 0 saturated carbocycles. The maximum Gasteiger partial charge on any atom is 0.267 e. The summed E-state index contributed by atoms with van der Waals surface area (Å²) in [7, 11) is 0. The minimum atomic E-state index is -0.336. The average Bonchev–Trinajstić information content (AvgIpc) is 3.34. The predicted molar refractivity (Wildman–Crippen MR) is 128 cm³/mol. The molecule has 0 saturated heterocycles. The highest BCUT2D eigenvalue weighted by atomic mass is 16.3. The first kappa shape index (κ1) is 22.6. The summed E-state index contributed by atoms with van der Waals surface area (Å²) >= 11 is 0. The molecular formula is C27H29N3O3. The molecule has 0 bridgehead atoms. The topological polar surface area (TPSA) is 74.6 Å². The zero-order valence-corrected chi connectivity index (χ0v) is 18.8. The summed E-state index contributed by atoms with van der Waals surface area (Å²) in [6.45, 7) is 5.26. The summed E-state index contributed by atoms with van der Waals surface area (Å²) in [6.07, 6.45) is 4.96. The van der Waals surface area contributed by atoms with E-state index in [1.165, 1.54) is 17.4 Å². The van der Waals surface area contributed by atoms with Crippen molar-refractivity contribution in [2.24, 2.45) is 0 Å². The van der Waals surface area contributed by atoms with Gasteiger partial charge in [-0.05, 0) is 54.7 Å². The predicted octanol–water partition coefficient (Wildman–Crippen LogP) is 3.92. The fraction of sp³-hybridized carbons (Fsp3) is 0.259. The Morgan fingerprint density at radius 1 is 1.03 bits per heavy atom. The molecule has 6 heteroatoms. The molecule has 6 nitrogen and oxygen atoms in total. The monoisotopic (exact) mass is 443 g/mol. The third-order valence-corrected chi connectivity index (χ3v) is 5.86. The molecule has 2 heterocycles. The second kappa shape index (κ2) is 10.8. The number of carbonyl (C=O) groups excluding carboxylic acids is 2. The molecule has 0 radical (unpaired) electrons. The van der Waals surface area contributed by atoms with E-state index in [0.717, 1.165) is 38.0 Å². The summed E-state index contributed by atoms with van der Waals surface area (Å²) in [4.78, 5) is 28.1. The summed E-state index contributed by atoms with van der Waals surface area (Å²) < 4.78 is 5.34. The van der Waals surface area contributed by atoms with Gasteiger partial charge in [-0.1, -0.05) is 42.5 Å². The fourth-order valence-corrected chi connectivity index (χ4v) is 4.04. The Morgan fingerprint density at radius 3 is 2.61 bits per heavy atom. The van der Waals surface area contributed by atoms with Gasteiger partial charge in [-0.2, -0.15) is 0 Å². The summed E-state index contributed by atoms with van der Waals surface area (Å²) in [5, 5.41) is 5.69. The molecule has 1 aliphatic heterocycles. The summed E-state index contributed by atoms with van der Waals surface area (Å²) in [6, 6.07) is 19.3. The number of nitrogens with one attached hydrogen (secondary N) is 2. The van der Waals surface area contributed by atoms with Crippen LogP contribution in [0.25, 0.3) is 6.08 Å². The highest BCUT2D eigenvalue weighted by molar-refractivity contribution is 6.05. The van der Waals surface area contributed by atoms with Crippen molar-refractivity contribution in [1.29, 1.82) is 0 Å². The number of aryl methyl sites for hydroxylation is 1. The molecule has 0 atom stereocenters. The van der Waals surface area contributed by atoms with Gasteiger partial charge in [0.25, 0.3) is 11.8 Å². The van der Waals surface area contributed by atoms with E-state index in [4.69, 9.17) is 4.42 Å². The Kier molecular flexibility index (Phi) is 7.37. The van der Waals surface area contributed by atoms with Gasteiger partial charge in [0, 0.05) is 37.8 Å². The van der Waals surface area contributed by atoms with Crippen LogP contribution in [0.4, 0.5) is 0 Å². The van der Waals surface area contributed by atoms with Gasteiger partial charge < -0.3 is 15.1 Å². The quantitative estimate of drug-likeness (QED) is 0.409. The zero-order chi connectivity index (χ0) is 23.0. The van der Waals surface area contributed by atoms with E-state index in [-0.39, 0.29) is 17.5 Å². The molecule has 1 aliphatic rings. The van der Waals surface area contributed by atoms with Crippen LogP contribution in [0, 0.1) is 6.92 Å². The molecule has 0 fully saturated rings. The lowest BCUT2D eigenvalue weighted by molar-refractivity contribution is -0.117. The third kappa shape index (κ3) is 5.99. The maximum atomic E-state index is 12.9. The molecular weight excluding hydrogens is 414 g/mol. The lowest BCUT2D eigenvalue weighted by Gasteiger charge is -2.28. The zero-order valence-electron chi connectivity index (χ0n) is 18.8. The second-order valence-corrected chi connectivity index (χ2v) is 8.25. The van der Waals surface area contributed by atoms with Crippen molar-refractivity contribution in [1.82, 2.24) is 15.5 Å². The lowest BCUT2D eigenvalue weighted by atomic mass is 10.00. The van der Waals surface area contributed by atoms with E-state index < -0.39 is 0 Å². The Balaban J connectivity index is 1.33. The van der Waals surface area contributed by atoms with Crippen molar-refractivity contribution in [3.63, 3.8) is 0 Å². The highest BCUT2D eigenvalue weighted by Crippen LogP contribution is 2.18. The van der Waals surface area contributed by atoms with Crippen LogP contribution < -0.4 is 10.6 Å². The van der Waals surface area contributed by atoms with Crippen molar-refractivity contribution < 1.29 is 14.0 Å². The van der Waals surface area contributed by atoms with Gasteiger partial charge in [0.05, 0.1) is 6.26 Å². The van der Waals surface area contributed by atoms with E-state index in [2.05, 4.69) is 39.8 Å². The number of benzene rings is 2. The van der Waals surface area contributed by atoms with Crippen molar-refractivity contribution >= 4 is 17.9 Å². The minimum absolute atomic E-state index is 0.158. The number of rotatable bonds is 8. The van der Waals surface area contributed by atoms with Gasteiger partial charge in [-0.3, -0.25) is 14.5 Å². The largest absolute Gasteiger partial charge is 0.465 e. The van der Waals surface area contributed by atoms with E-state index in [0.29, 0.717) is 17.9 Å². The summed E-state index contributed by atoms with van der Waals surface area (Å²) in [5.74, 6) is -0.164. The van der Waals surface area contributed by atoms with Crippen LogP contribution in [0.15, 0.2) is 77.0 Å². The Hall–Kier alpha value is -3.64. The number of hydrogen-bond acceptors (Lipinski definition) is 4. The second-order valence-electron chi connectivity index (χ2n) is 8.25. The normalized spacial score (nSPS) is 13.9. The van der Waals surface area contributed by atoms with E-state index in [1.807, 2.05) is 19.1 Å². The van der Waals surface area contributed by atoms with Gasteiger partial charge in [0.2, 0.25) is 0 Å². The lowest BCUT2D eigenvalue weighted by Crippen LogP contribution is -2.37. The number of carbonyl (C=O) groups is 2. The van der Waals surface area contributed by atoms with Crippen LogP contribution in [0.1, 0.15) is 39.2 Å². The van der Waals surface area contributed by atoms with Crippen LogP contribution in [0.2, 0.25) is 0 Å².